The van der Waals surface area contributed by atoms with Gasteiger partial charge in [0.1, 0.15) is 5.75 Å². The van der Waals surface area contributed by atoms with Gasteiger partial charge in [0.05, 0.1) is 12.8 Å². The molecular weight excluding hydrogens is 258 g/mol. The average molecular weight is 279 g/mol. The van der Waals surface area contributed by atoms with Crippen molar-refractivity contribution in [3.63, 3.8) is 0 Å². The second kappa shape index (κ2) is 6.38. The lowest BCUT2D eigenvalue weighted by Crippen LogP contribution is -2.36. The first kappa shape index (κ1) is 16.0. The van der Waals surface area contributed by atoms with Gasteiger partial charge in [0.25, 0.3) is 0 Å². The van der Waals surface area contributed by atoms with E-state index in [1.54, 1.807) is 32.0 Å². The van der Waals surface area contributed by atoms with Crippen molar-refractivity contribution in [1.82, 2.24) is 0 Å². The number of amides is 2. The molecule has 0 heterocycles. The van der Waals surface area contributed by atoms with Crippen LogP contribution in [0.25, 0.3) is 0 Å². The van der Waals surface area contributed by atoms with Crippen molar-refractivity contribution in [2.45, 2.75) is 32.7 Å². The SMILES string of the molecule is COc1ccc(NC(C)=O)cc1NC(=O)CC(C)(C)N. The molecule has 0 aliphatic heterocycles. The maximum Gasteiger partial charge on any atom is 0.226 e. The molecule has 6 heteroatoms. The van der Waals surface area contributed by atoms with Gasteiger partial charge in [-0.3, -0.25) is 9.59 Å². The normalized spacial score (nSPS) is 10.8. The molecular formula is C14H21N3O3. The topological polar surface area (TPSA) is 93.5 Å². The summed E-state index contributed by atoms with van der Waals surface area (Å²) >= 11 is 0. The number of carbonyl (C=O) groups excluding carboxylic acids is 2. The van der Waals surface area contributed by atoms with Gasteiger partial charge >= 0.3 is 0 Å². The highest BCUT2D eigenvalue weighted by atomic mass is 16.5. The number of anilines is 2. The van der Waals surface area contributed by atoms with Gasteiger partial charge in [-0.1, -0.05) is 0 Å². The van der Waals surface area contributed by atoms with Crippen LogP contribution in [-0.2, 0) is 9.59 Å². The van der Waals surface area contributed by atoms with E-state index in [1.807, 2.05) is 0 Å². The van der Waals surface area contributed by atoms with Gasteiger partial charge in [0.15, 0.2) is 0 Å². The van der Waals surface area contributed by atoms with Crippen molar-refractivity contribution in [2.75, 3.05) is 17.7 Å². The number of nitrogens with one attached hydrogen (secondary N) is 2. The van der Waals surface area contributed by atoms with E-state index >= 15 is 0 Å². The Morgan fingerprint density at radius 1 is 1.30 bits per heavy atom. The third-order valence-corrected chi connectivity index (χ3v) is 2.41. The minimum atomic E-state index is -0.591. The first-order chi connectivity index (χ1) is 9.21. The second-order valence-electron chi connectivity index (χ2n) is 5.31. The predicted molar refractivity (Wildman–Crippen MR) is 78.8 cm³/mol. The highest BCUT2D eigenvalue weighted by Crippen LogP contribution is 2.28. The largest absolute Gasteiger partial charge is 0.495 e. The minimum absolute atomic E-state index is 0.181. The molecule has 0 atom stereocenters. The number of hydrogen-bond donors (Lipinski definition) is 3. The Labute approximate surface area is 118 Å². The molecule has 0 bridgehead atoms. The van der Waals surface area contributed by atoms with Gasteiger partial charge in [-0.2, -0.15) is 0 Å². The lowest BCUT2D eigenvalue weighted by molar-refractivity contribution is -0.117. The molecule has 1 rings (SSSR count). The zero-order valence-corrected chi connectivity index (χ0v) is 12.2. The molecule has 20 heavy (non-hydrogen) atoms. The molecule has 6 nitrogen and oxygen atoms in total. The Bertz CT molecular complexity index is 507. The van der Waals surface area contributed by atoms with E-state index in [0.717, 1.165) is 0 Å². The Morgan fingerprint density at radius 3 is 2.45 bits per heavy atom. The summed E-state index contributed by atoms with van der Waals surface area (Å²) < 4.78 is 5.18. The number of carbonyl (C=O) groups is 2. The lowest BCUT2D eigenvalue weighted by atomic mass is 10.0. The monoisotopic (exact) mass is 279 g/mol. The quantitative estimate of drug-likeness (QED) is 0.765. The minimum Gasteiger partial charge on any atom is -0.495 e. The lowest BCUT2D eigenvalue weighted by Gasteiger charge is -2.18. The third-order valence-electron chi connectivity index (χ3n) is 2.41. The highest BCUT2D eigenvalue weighted by Gasteiger charge is 2.17. The molecule has 1 aromatic rings. The van der Waals surface area contributed by atoms with Crippen LogP contribution in [0.4, 0.5) is 11.4 Å². The molecule has 0 spiro atoms. The summed E-state index contributed by atoms with van der Waals surface area (Å²) in [5, 5.41) is 5.38. The average Bonchev–Trinajstić information content (AvgIpc) is 2.25. The van der Waals surface area contributed by atoms with Crippen LogP contribution in [-0.4, -0.2) is 24.5 Å². The Hall–Kier alpha value is -2.08. The van der Waals surface area contributed by atoms with Crippen LogP contribution in [0.2, 0.25) is 0 Å². The highest BCUT2D eigenvalue weighted by molar-refractivity contribution is 5.95. The Kier molecular flexibility index (Phi) is 5.10. The third kappa shape index (κ3) is 5.27. The van der Waals surface area contributed by atoms with Crippen molar-refractivity contribution < 1.29 is 14.3 Å². The molecule has 0 radical (unpaired) electrons. The summed E-state index contributed by atoms with van der Waals surface area (Å²) in [4.78, 5) is 22.9. The van der Waals surface area contributed by atoms with Gasteiger partial charge in [-0.05, 0) is 32.0 Å². The first-order valence-electron chi connectivity index (χ1n) is 6.25. The standard InChI is InChI=1S/C14H21N3O3/c1-9(18)16-10-5-6-12(20-4)11(7-10)17-13(19)8-14(2,3)15/h5-7H,8,15H2,1-4H3,(H,16,18)(H,17,19). The Morgan fingerprint density at radius 2 is 1.95 bits per heavy atom. The van der Waals surface area contributed by atoms with Gasteiger partial charge in [-0.25, -0.2) is 0 Å². The number of methoxy groups -OCH3 is 1. The molecule has 0 aromatic heterocycles. The smallest absolute Gasteiger partial charge is 0.226 e. The van der Waals surface area contributed by atoms with Crippen LogP contribution in [0.1, 0.15) is 27.2 Å². The van der Waals surface area contributed by atoms with Crippen LogP contribution < -0.4 is 21.1 Å². The van der Waals surface area contributed by atoms with E-state index in [-0.39, 0.29) is 18.2 Å². The fourth-order valence-corrected chi connectivity index (χ4v) is 1.69. The summed E-state index contributed by atoms with van der Waals surface area (Å²) in [7, 11) is 1.51. The maximum atomic E-state index is 11.9. The van der Waals surface area contributed by atoms with E-state index in [4.69, 9.17) is 10.5 Å². The van der Waals surface area contributed by atoms with E-state index in [9.17, 15) is 9.59 Å². The van der Waals surface area contributed by atoms with Crippen molar-refractivity contribution in [2.24, 2.45) is 5.73 Å². The van der Waals surface area contributed by atoms with E-state index in [0.29, 0.717) is 17.1 Å². The van der Waals surface area contributed by atoms with Crippen molar-refractivity contribution >= 4 is 23.2 Å². The number of ether oxygens (including phenoxy) is 1. The maximum absolute atomic E-state index is 11.9. The zero-order valence-electron chi connectivity index (χ0n) is 12.2. The molecule has 4 N–H and O–H groups in total. The molecule has 0 aliphatic carbocycles. The van der Waals surface area contributed by atoms with Crippen molar-refractivity contribution in [3.8, 4) is 5.75 Å². The Balaban J connectivity index is 2.91. The predicted octanol–water partition coefficient (Wildman–Crippen LogP) is 1.72. The van der Waals surface area contributed by atoms with E-state index < -0.39 is 5.54 Å². The summed E-state index contributed by atoms with van der Waals surface area (Å²) in [6.45, 7) is 4.97. The molecule has 0 unspecified atom stereocenters. The van der Waals surface area contributed by atoms with E-state index in [1.165, 1.54) is 14.0 Å². The number of rotatable bonds is 5. The summed E-state index contributed by atoms with van der Waals surface area (Å²) in [6, 6.07) is 5.01. The first-order valence-corrected chi connectivity index (χ1v) is 6.25. The molecule has 1 aromatic carbocycles. The molecule has 0 aliphatic rings. The summed E-state index contributed by atoms with van der Waals surface area (Å²) in [5.41, 5.74) is 6.29. The fourth-order valence-electron chi connectivity index (χ4n) is 1.69. The molecule has 0 saturated carbocycles. The fraction of sp³-hybridized carbons (Fsp3) is 0.429. The second-order valence-corrected chi connectivity index (χ2v) is 5.31. The van der Waals surface area contributed by atoms with Crippen LogP contribution >= 0.6 is 0 Å². The molecule has 0 fully saturated rings. The van der Waals surface area contributed by atoms with Crippen molar-refractivity contribution in [1.29, 1.82) is 0 Å². The van der Waals surface area contributed by atoms with Gasteiger partial charge in [0.2, 0.25) is 11.8 Å². The van der Waals surface area contributed by atoms with Crippen LogP contribution in [0.15, 0.2) is 18.2 Å². The molecule has 2 amide bonds. The van der Waals surface area contributed by atoms with E-state index in [2.05, 4.69) is 10.6 Å². The summed E-state index contributed by atoms with van der Waals surface area (Å²) in [6.07, 6.45) is 0.181. The summed E-state index contributed by atoms with van der Waals surface area (Å²) in [5.74, 6) is 0.119. The van der Waals surface area contributed by atoms with Crippen LogP contribution in [0.5, 0.6) is 5.75 Å². The number of hydrogen-bond acceptors (Lipinski definition) is 4. The zero-order chi connectivity index (χ0) is 15.3. The number of nitrogens with two attached hydrogens (primary N) is 1. The van der Waals surface area contributed by atoms with Crippen LogP contribution in [0, 0.1) is 0 Å². The number of benzene rings is 1. The van der Waals surface area contributed by atoms with Crippen molar-refractivity contribution in [3.05, 3.63) is 18.2 Å². The van der Waals surface area contributed by atoms with Gasteiger partial charge < -0.3 is 21.1 Å². The van der Waals surface area contributed by atoms with Gasteiger partial charge in [0, 0.05) is 24.6 Å². The molecule has 0 saturated heterocycles. The molecule has 110 valence electrons. The van der Waals surface area contributed by atoms with Gasteiger partial charge in [-0.15, -0.1) is 0 Å². The van der Waals surface area contributed by atoms with Crippen LogP contribution in [0.3, 0.4) is 0 Å².